The number of nitriles is 1. The predicted molar refractivity (Wildman–Crippen MR) is 85.0 cm³/mol. The minimum absolute atomic E-state index is 0.109. The van der Waals surface area contributed by atoms with Gasteiger partial charge in [-0.1, -0.05) is 44.4 Å². The van der Waals surface area contributed by atoms with Crippen LogP contribution in [-0.2, 0) is 6.54 Å². The summed E-state index contributed by atoms with van der Waals surface area (Å²) in [6.07, 6.45) is 6.84. The Bertz CT molecular complexity index is 459. The highest BCUT2D eigenvalue weighted by atomic mass is 16.5. The zero-order chi connectivity index (χ0) is 14.9. The molecule has 114 valence electrons. The summed E-state index contributed by atoms with van der Waals surface area (Å²) in [5, 5.41) is 12.2. The van der Waals surface area contributed by atoms with Crippen molar-refractivity contribution >= 4 is 0 Å². The van der Waals surface area contributed by atoms with Crippen molar-refractivity contribution in [2.45, 2.75) is 45.6 Å². The van der Waals surface area contributed by atoms with E-state index in [2.05, 4.69) is 18.3 Å². The molecule has 0 amide bonds. The molecule has 0 unspecified atom stereocenters. The Hall–Kier alpha value is -1.53. The van der Waals surface area contributed by atoms with E-state index in [1.807, 2.05) is 24.3 Å². The average Bonchev–Trinajstić information content (AvgIpc) is 2.54. The molecule has 0 radical (unpaired) electrons. The molecule has 0 aromatic heterocycles. The van der Waals surface area contributed by atoms with Crippen LogP contribution in [0.5, 0.6) is 5.75 Å². The second-order valence-electron chi connectivity index (χ2n) is 5.98. The van der Waals surface area contributed by atoms with Crippen LogP contribution in [0, 0.1) is 23.2 Å². The molecule has 1 saturated carbocycles. The molecular weight excluding hydrogens is 260 g/mol. The largest absolute Gasteiger partial charge is 0.478 e. The maximum absolute atomic E-state index is 8.62. The van der Waals surface area contributed by atoms with Gasteiger partial charge in [0.05, 0.1) is 0 Å². The van der Waals surface area contributed by atoms with Crippen molar-refractivity contribution in [1.29, 1.82) is 5.26 Å². The number of nitrogens with zero attached hydrogens (tertiary/aromatic N) is 1. The van der Waals surface area contributed by atoms with E-state index in [9.17, 15) is 0 Å². The number of para-hydroxylation sites is 1. The van der Waals surface area contributed by atoms with E-state index in [1.165, 1.54) is 32.1 Å². The summed E-state index contributed by atoms with van der Waals surface area (Å²) in [4.78, 5) is 0. The number of hydrogen-bond donors (Lipinski definition) is 1. The molecule has 0 heterocycles. The molecule has 3 heteroatoms. The summed E-state index contributed by atoms with van der Waals surface area (Å²) in [5.74, 6) is 2.60. The monoisotopic (exact) mass is 286 g/mol. The van der Waals surface area contributed by atoms with Gasteiger partial charge in [0.1, 0.15) is 11.8 Å². The number of rotatable bonds is 7. The smallest absolute Gasteiger partial charge is 0.174 e. The molecule has 1 N–H and O–H groups in total. The van der Waals surface area contributed by atoms with Gasteiger partial charge < -0.3 is 10.1 Å². The number of hydrogen-bond acceptors (Lipinski definition) is 3. The first-order chi connectivity index (χ1) is 10.3. The van der Waals surface area contributed by atoms with E-state index >= 15 is 0 Å². The normalized spacial score (nSPS) is 21.7. The lowest BCUT2D eigenvalue weighted by atomic mass is 9.81. The van der Waals surface area contributed by atoms with E-state index < -0.39 is 0 Å². The maximum Gasteiger partial charge on any atom is 0.174 e. The fourth-order valence-electron chi connectivity index (χ4n) is 3.16. The third kappa shape index (κ3) is 5.06. The molecule has 0 bridgehead atoms. The molecule has 1 aromatic rings. The maximum atomic E-state index is 8.62. The Kier molecular flexibility index (Phi) is 6.56. The van der Waals surface area contributed by atoms with Crippen molar-refractivity contribution in [1.82, 2.24) is 5.32 Å². The van der Waals surface area contributed by atoms with Crippen LogP contribution in [0.15, 0.2) is 24.3 Å². The Balaban J connectivity index is 1.75. The van der Waals surface area contributed by atoms with E-state index in [0.717, 1.165) is 36.2 Å². The summed E-state index contributed by atoms with van der Waals surface area (Å²) >= 11 is 0. The third-order valence-electron chi connectivity index (χ3n) is 4.56. The highest BCUT2D eigenvalue weighted by molar-refractivity contribution is 5.33. The molecule has 0 aliphatic heterocycles. The quantitative estimate of drug-likeness (QED) is 0.827. The highest BCUT2D eigenvalue weighted by Gasteiger charge is 2.19. The fraction of sp³-hybridized carbons (Fsp3) is 0.611. The predicted octanol–water partition coefficient (Wildman–Crippen LogP) is 3.89. The summed E-state index contributed by atoms with van der Waals surface area (Å²) in [5.41, 5.74) is 1.13. The van der Waals surface area contributed by atoms with Crippen LogP contribution in [0.3, 0.4) is 0 Å². The summed E-state index contributed by atoms with van der Waals surface area (Å²) in [6, 6.07) is 9.98. The Labute approximate surface area is 128 Å². The molecule has 1 fully saturated rings. The highest BCUT2D eigenvalue weighted by Crippen LogP contribution is 2.30. The van der Waals surface area contributed by atoms with E-state index in [4.69, 9.17) is 10.00 Å². The Morgan fingerprint density at radius 2 is 1.90 bits per heavy atom. The molecule has 1 aliphatic rings. The fourth-order valence-corrected chi connectivity index (χ4v) is 3.16. The molecule has 0 atom stereocenters. The summed E-state index contributed by atoms with van der Waals surface area (Å²) in [6.45, 7) is 4.32. The van der Waals surface area contributed by atoms with Gasteiger partial charge in [0.2, 0.25) is 0 Å². The zero-order valence-corrected chi connectivity index (χ0v) is 13.0. The standard InChI is InChI=1S/C18H26N2O/c1-2-15-7-9-16(10-8-15)13-20-14-17-5-3-4-6-18(17)21-12-11-19/h3-6,15-16,20H,2,7-10,12-14H2,1H3. The molecule has 1 aromatic carbocycles. The van der Waals surface area contributed by atoms with Crippen molar-refractivity contribution in [2.75, 3.05) is 13.2 Å². The lowest BCUT2D eigenvalue weighted by Crippen LogP contribution is -2.26. The molecule has 3 nitrogen and oxygen atoms in total. The van der Waals surface area contributed by atoms with Gasteiger partial charge in [-0.3, -0.25) is 0 Å². The van der Waals surface area contributed by atoms with Gasteiger partial charge in [0.15, 0.2) is 6.61 Å². The number of ether oxygens (including phenoxy) is 1. The minimum atomic E-state index is 0.109. The van der Waals surface area contributed by atoms with Gasteiger partial charge in [0.25, 0.3) is 0 Å². The van der Waals surface area contributed by atoms with Gasteiger partial charge in [-0.15, -0.1) is 0 Å². The van der Waals surface area contributed by atoms with Crippen molar-refractivity contribution in [3.05, 3.63) is 29.8 Å². The number of nitrogens with one attached hydrogen (secondary N) is 1. The zero-order valence-electron chi connectivity index (χ0n) is 13.0. The lowest BCUT2D eigenvalue weighted by molar-refractivity contribution is 0.262. The van der Waals surface area contributed by atoms with Gasteiger partial charge in [-0.05, 0) is 37.3 Å². The van der Waals surface area contributed by atoms with Crippen LogP contribution in [0.25, 0.3) is 0 Å². The second kappa shape index (κ2) is 8.69. The van der Waals surface area contributed by atoms with Crippen LogP contribution in [0.1, 0.15) is 44.6 Å². The van der Waals surface area contributed by atoms with Crippen LogP contribution in [-0.4, -0.2) is 13.2 Å². The van der Waals surface area contributed by atoms with Crippen LogP contribution >= 0.6 is 0 Å². The Morgan fingerprint density at radius 3 is 2.62 bits per heavy atom. The molecular formula is C18H26N2O. The van der Waals surface area contributed by atoms with Crippen molar-refractivity contribution in [2.24, 2.45) is 11.8 Å². The van der Waals surface area contributed by atoms with Crippen LogP contribution in [0.2, 0.25) is 0 Å². The van der Waals surface area contributed by atoms with Gasteiger partial charge in [-0.25, -0.2) is 0 Å². The molecule has 2 rings (SSSR count). The van der Waals surface area contributed by atoms with Gasteiger partial charge in [-0.2, -0.15) is 5.26 Å². The molecule has 21 heavy (non-hydrogen) atoms. The van der Waals surface area contributed by atoms with Crippen molar-refractivity contribution < 1.29 is 4.74 Å². The number of benzene rings is 1. The van der Waals surface area contributed by atoms with Crippen molar-refractivity contribution in [3.8, 4) is 11.8 Å². The topological polar surface area (TPSA) is 45.0 Å². The average molecular weight is 286 g/mol. The first kappa shape index (κ1) is 15.9. The SMILES string of the molecule is CCC1CCC(CNCc2ccccc2OCC#N)CC1. The first-order valence-corrected chi connectivity index (χ1v) is 8.11. The van der Waals surface area contributed by atoms with Gasteiger partial charge >= 0.3 is 0 Å². The Morgan fingerprint density at radius 1 is 1.19 bits per heavy atom. The molecule has 0 saturated heterocycles. The van der Waals surface area contributed by atoms with E-state index in [1.54, 1.807) is 0 Å². The lowest BCUT2D eigenvalue weighted by Gasteiger charge is -2.28. The minimum Gasteiger partial charge on any atom is -0.478 e. The van der Waals surface area contributed by atoms with E-state index in [-0.39, 0.29) is 6.61 Å². The van der Waals surface area contributed by atoms with Crippen molar-refractivity contribution in [3.63, 3.8) is 0 Å². The molecule has 0 spiro atoms. The second-order valence-corrected chi connectivity index (χ2v) is 5.98. The first-order valence-electron chi connectivity index (χ1n) is 8.11. The van der Waals surface area contributed by atoms with Gasteiger partial charge in [0, 0.05) is 12.1 Å². The van der Waals surface area contributed by atoms with E-state index in [0.29, 0.717) is 0 Å². The summed E-state index contributed by atoms with van der Waals surface area (Å²) in [7, 11) is 0. The van der Waals surface area contributed by atoms with Crippen LogP contribution in [0.4, 0.5) is 0 Å². The summed E-state index contributed by atoms with van der Waals surface area (Å²) < 4.78 is 5.46. The van der Waals surface area contributed by atoms with Crippen LogP contribution < -0.4 is 10.1 Å². The third-order valence-corrected chi connectivity index (χ3v) is 4.56. The molecule has 1 aliphatic carbocycles.